The van der Waals surface area contributed by atoms with Crippen molar-refractivity contribution in [1.82, 2.24) is 4.72 Å². The number of ether oxygens (including phenoxy) is 2. The van der Waals surface area contributed by atoms with Gasteiger partial charge in [-0.1, -0.05) is 48.5 Å². The van der Waals surface area contributed by atoms with E-state index in [1.54, 1.807) is 36.4 Å². The molecule has 6 nitrogen and oxygen atoms in total. The maximum absolute atomic E-state index is 12.9. The van der Waals surface area contributed by atoms with Gasteiger partial charge in [0.05, 0.1) is 12.0 Å². The molecule has 0 saturated heterocycles. The monoisotopic (exact) mass is 383 g/mol. The first-order valence-corrected chi connectivity index (χ1v) is 9.84. The molecule has 0 saturated carbocycles. The molecule has 1 unspecified atom stereocenters. The van der Waals surface area contributed by atoms with E-state index in [1.807, 2.05) is 18.2 Å². The summed E-state index contributed by atoms with van der Waals surface area (Å²) in [7, 11) is -2.52. The number of fused-ring (bicyclic) bond motifs is 2. The largest absolute Gasteiger partial charge is 0.493 e. The van der Waals surface area contributed by atoms with E-state index < -0.39 is 21.8 Å². The number of hydrogen-bond donors (Lipinski definition) is 1. The van der Waals surface area contributed by atoms with Gasteiger partial charge in [0.2, 0.25) is 5.91 Å². The Labute approximate surface area is 156 Å². The molecule has 3 aromatic carbocycles. The highest BCUT2D eigenvalue weighted by atomic mass is 32.2. The summed E-state index contributed by atoms with van der Waals surface area (Å²) >= 11 is 0. The molecular formula is C20H17NO5S. The number of carbonyl (C=O) groups is 1. The van der Waals surface area contributed by atoms with E-state index in [0.717, 1.165) is 5.39 Å². The van der Waals surface area contributed by atoms with Crippen LogP contribution in [0.3, 0.4) is 0 Å². The molecule has 0 radical (unpaired) electrons. The zero-order chi connectivity index (χ0) is 19.0. The maximum Gasteiger partial charge on any atom is 0.264 e. The molecule has 0 aromatic heterocycles. The molecule has 0 spiro atoms. The lowest BCUT2D eigenvalue weighted by molar-refractivity contribution is -0.120. The fourth-order valence-corrected chi connectivity index (χ4v) is 4.53. The summed E-state index contributed by atoms with van der Waals surface area (Å²) in [5, 5.41) is 1.34. The Kier molecular flexibility index (Phi) is 4.24. The van der Waals surface area contributed by atoms with Crippen LogP contribution in [0.2, 0.25) is 0 Å². The van der Waals surface area contributed by atoms with E-state index in [0.29, 0.717) is 22.4 Å². The highest BCUT2D eigenvalue weighted by Crippen LogP contribution is 2.41. The third-order valence-electron chi connectivity index (χ3n) is 4.59. The van der Waals surface area contributed by atoms with Gasteiger partial charge in [0.25, 0.3) is 10.0 Å². The lowest BCUT2D eigenvalue weighted by Crippen LogP contribution is -2.35. The average Bonchev–Trinajstić information content (AvgIpc) is 3.11. The number of nitrogens with one attached hydrogen (secondary N) is 1. The zero-order valence-corrected chi connectivity index (χ0v) is 15.3. The van der Waals surface area contributed by atoms with Crippen LogP contribution in [0.1, 0.15) is 11.5 Å². The van der Waals surface area contributed by atoms with E-state index in [2.05, 4.69) is 4.72 Å². The number of hydrogen-bond acceptors (Lipinski definition) is 5. The van der Waals surface area contributed by atoms with Gasteiger partial charge >= 0.3 is 0 Å². The van der Waals surface area contributed by atoms with Gasteiger partial charge in [-0.2, -0.15) is 0 Å². The summed E-state index contributed by atoms with van der Waals surface area (Å²) in [5.41, 5.74) is 0.611. The normalized spacial score (nSPS) is 15.8. The van der Waals surface area contributed by atoms with Crippen molar-refractivity contribution in [1.29, 1.82) is 0 Å². The number of benzene rings is 3. The fraction of sp³-hybridized carbons (Fsp3) is 0.150. The van der Waals surface area contributed by atoms with Gasteiger partial charge in [-0.25, -0.2) is 13.1 Å². The Balaban J connectivity index is 1.66. The van der Waals surface area contributed by atoms with Crippen LogP contribution in [0.25, 0.3) is 10.8 Å². The molecule has 0 aliphatic carbocycles. The minimum atomic E-state index is -4.03. The molecule has 0 bridgehead atoms. The van der Waals surface area contributed by atoms with E-state index in [9.17, 15) is 13.2 Å². The third-order valence-corrected chi connectivity index (χ3v) is 5.99. The second-order valence-electron chi connectivity index (χ2n) is 6.19. The topological polar surface area (TPSA) is 81.7 Å². The standard InChI is InChI=1S/C20H17NO5S/c1-25-17-10-5-9-15-16(12-26-19(15)17)20(22)21-27(23,24)18-11-4-7-13-6-2-3-8-14(13)18/h2-11,16H,12H2,1H3,(H,21,22). The van der Waals surface area contributed by atoms with Gasteiger partial charge < -0.3 is 9.47 Å². The van der Waals surface area contributed by atoms with Gasteiger partial charge in [-0.15, -0.1) is 0 Å². The van der Waals surface area contributed by atoms with Crippen molar-refractivity contribution in [2.75, 3.05) is 13.7 Å². The van der Waals surface area contributed by atoms with Crippen molar-refractivity contribution in [2.24, 2.45) is 0 Å². The van der Waals surface area contributed by atoms with E-state index in [1.165, 1.54) is 13.2 Å². The first-order valence-electron chi connectivity index (χ1n) is 8.35. The Hall–Kier alpha value is -3.06. The summed E-state index contributed by atoms with van der Waals surface area (Å²) in [6.45, 7) is 0.0621. The Morgan fingerprint density at radius 1 is 1.07 bits per heavy atom. The molecule has 0 fully saturated rings. The number of methoxy groups -OCH3 is 1. The second kappa shape index (κ2) is 6.59. The first-order chi connectivity index (χ1) is 13.0. The quantitative estimate of drug-likeness (QED) is 0.749. The molecule has 1 atom stereocenters. The summed E-state index contributed by atoms with van der Waals surface area (Å²) in [6.07, 6.45) is 0. The molecule has 4 rings (SSSR count). The smallest absolute Gasteiger partial charge is 0.264 e. The number of sulfonamides is 1. The van der Waals surface area contributed by atoms with Crippen molar-refractivity contribution in [3.63, 3.8) is 0 Å². The lowest BCUT2D eigenvalue weighted by atomic mass is 10.0. The van der Waals surface area contributed by atoms with Crippen LogP contribution >= 0.6 is 0 Å². The zero-order valence-electron chi connectivity index (χ0n) is 14.5. The fourth-order valence-electron chi connectivity index (χ4n) is 3.28. The van der Waals surface area contributed by atoms with Crippen molar-refractivity contribution in [3.05, 3.63) is 66.2 Å². The molecule has 1 N–H and O–H groups in total. The predicted octanol–water partition coefficient (Wildman–Crippen LogP) is 2.83. The summed E-state index contributed by atoms with van der Waals surface area (Å²) in [6, 6.07) is 17.3. The molecule has 7 heteroatoms. The molecule has 1 aliphatic rings. The molecule has 1 heterocycles. The highest BCUT2D eigenvalue weighted by Gasteiger charge is 2.34. The third kappa shape index (κ3) is 3.00. The summed E-state index contributed by atoms with van der Waals surface area (Å²) < 4.78 is 38.7. The maximum atomic E-state index is 12.9. The molecule has 138 valence electrons. The van der Waals surface area contributed by atoms with Gasteiger partial charge in [0.15, 0.2) is 11.5 Å². The Bertz CT molecular complexity index is 1130. The molecule has 27 heavy (non-hydrogen) atoms. The first kappa shape index (κ1) is 17.4. The highest BCUT2D eigenvalue weighted by molar-refractivity contribution is 7.90. The minimum Gasteiger partial charge on any atom is -0.493 e. The second-order valence-corrected chi connectivity index (χ2v) is 7.84. The van der Waals surface area contributed by atoms with Crippen molar-refractivity contribution in [3.8, 4) is 11.5 Å². The van der Waals surface area contributed by atoms with Crippen molar-refractivity contribution >= 4 is 26.7 Å². The number of amides is 1. The molecular weight excluding hydrogens is 366 g/mol. The van der Waals surface area contributed by atoms with Gasteiger partial charge in [-0.05, 0) is 17.5 Å². The van der Waals surface area contributed by atoms with Gasteiger partial charge in [0.1, 0.15) is 12.5 Å². The van der Waals surface area contributed by atoms with Crippen LogP contribution in [0, 0.1) is 0 Å². The lowest BCUT2D eigenvalue weighted by Gasteiger charge is -2.12. The van der Waals surface area contributed by atoms with Gasteiger partial charge in [-0.3, -0.25) is 4.79 Å². The van der Waals surface area contributed by atoms with Crippen LogP contribution in [0.4, 0.5) is 0 Å². The minimum absolute atomic E-state index is 0.0621. The van der Waals surface area contributed by atoms with E-state index in [-0.39, 0.29) is 11.5 Å². The van der Waals surface area contributed by atoms with Crippen molar-refractivity contribution < 1.29 is 22.7 Å². The SMILES string of the molecule is COc1cccc2c1OCC2C(=O)NS(=O)(=O)c1cccc2ccccc12. The summed E-state index contributed by atoms with van der Waals surface area (Å²) in [4.78, 5) is 12.8. The number of para-hydroxylation sites is 1. The Morgan fingerprint density at radius 2 is 1.81 bits per heavy atom. The summed E-state index contributed by atoms with van der Waals surface area (Å²) in [5.74, 6) is -0.364. The van der Waals surface area contributed by atoms with Crippen LogP contribution in [0.15, 0.2) is 65.6 Å². The molecule has 3 aromatic rings. The van der Waals surface area contributed by atoms with Crippen LogP contribution < -0.4 is 14.2 Å². The average molecular weight is 383 g/mol. The molecule has 1 aliphatic heterocycles. The van der Waals surface area contributed by atoms with E-state index in [4.69, 9.17) is 9.47 Å². The number of carbonyl (C=O) groups excluding carboxylic acids is 1. The van der Waals surface area contributed by atoms with Crippen molar-refractivity contribution in [2.45, 2.75) is 10.8 Å². The predicted molar refractivity (Wildman–Crippen MR) is 101 cm³/mol. The van der Waals surface area contributed by atoms with Crippen LogP contribution in [-0.4, -0.2) is 28.0 Å². The number of rotatable bonds is 4. The Morgan fingerprint density at radius 3 is 2.63 bits per heavy atom. The van der Waals surface area contributed by atoms with E-state index >= 15 is 0 Å². The van der Waals surface area contributed by atoms with Crippen LogP contribution in [0.5, 0.6) is 11.5 Å². The van der Waals surface area contributed by atoms with Gasteiger partial charge in [0, 0.05) is 10.9 Å². The van der Waals surface area contributed by atoms with Crippen LogP contribution in [-0.2, 0) is 14.8 Å². The molecule has 1 amide bonds.